The van der Waals surface area contributed by atoms with Crippen molar-refractivity contribution >= 4 is 39.0 Å². The van der Waals surface area contributed by atoms with E-state index < -0.39 is 11.7 Å². The van der Waals surface area contributed by atoms with Crippen LogP contribution in [0.3, 0.4) is 0 Å². The van der Waals surface area contributed by atoms with Gasteiger partial charge in [0.15, 0.2) is 0 Å². The monoisotopic (exact) mass is 304 g/mol. The fraction of sp³-hybridized carbons (Fsp3) is 0.400. The Labute approximate surface area is 107 Å². The lowest BCUT2D eigenvalue weighted by molar-refractivity contribution is -0.117. The number of nitrogens with one attached hydrogen (secondary N) is 1. The topological polar surface area (TPSA) is 49.4 Å². The Bertz CT molecular complexity index is 390. The summed E-state index contributed by atoms with van der Waals surface area (Å²) < 4.78 is 0.844. The number of Topliss-reactive ketones (excluding diaryl/α,β-unsaturated/α-hetero) is 1. The SMILES string of the molecule is CN(C)CCNC(=O)C(=O)c1ccc(Br)s1. The molecule has 0 radical (unpaired) electrons. The maximum absolute atomic E-state index is 11.6. The van der Waals surface area contributed by atoms with Crippen molar-refractivity contribution < 1.29 is 9.59 Å². The van der Waals surface area contributed by atoms with Crippen LogP contribution in [0.5, 0.6) is 0 Å². The third-order valence-electron chi connectivity index (χ3n) is 1.85. The fourth-order valence-corrected chi connectivity index (χ4v) is 2.34. The maximum atomic E-state index is 11.6. The second-order valence-electron chi connectivity index (χ2n) is 3.49. The highest BCUT2D eigenvalue weighted by molar-refractivity contribution is 9.11. The van der Waals surface area contributed by atoms with Crippen LogP contribution in [-0.4, -0.2) is 43.8 Å². The number of halogens is 1. The summed E-state index contributed by atoms with van der Waals surface area (Å²) in [4.78, 5) is 25.4. The van der Waals surface area contributed by atoms with Gasteiger partial charge in [-0.1, -0.05) is 0 Å². The average molecular weight is 305 g/mol. The Balaban J connectivity index is 2.45. The van der Waals surface area contributed by atoms with Crippen LogP contribution in [0.4, 0.5) is 0 Å². The smallest absolute Gasteiger partial charge is 0.293 e. The van der Waals surface area contributed by atoms with Crippen LogP contribution in [0.1, 0.15) is 9.67 Å². The number of rotatable bonds is 5. The molecule has 0 atom stereocenters. The van der Waals surface area contributed by atoms with Crippen molar-refractivity contribution in [2.24, 2.45) is 0 Å². The zero-order valence-electron chi connectivity index (χ0n) is 9.12. The highest BCUT2D eigenvalue weighted by Crippen LogP contribution is 2.22. The van der Waals surface area contributed by atoms with Crippen molar-refractivity contribution in [3.8, 4) is 0 Å². The van der Waals surface area contributed by atoms with Gasteiger partial charge in [-0.15, -0.1) is 11.3 Å². The van der Waals surface area contributed by atoms with E-state index in [4.69, 9.17) is 0 Å². The molecule has 0 aliphatic rings. The molecule has 0 aliphatic heterocycles. The van der Waals surface area contributed by atoms with Crippen LogP contribution in [0.25, 0.3) is 0 Å². The largest absolute Gasteiger partial charge is 0.348 e. The molecule has 1 N–H and O–H groups in total. The molecular formula is C10H13BrN2O2S. The van der Waals surface area contributed by atoms with Gasteiger partial charge in [-0.25, -0.2) is 0 Å². The van der Waals surface area contributed by atoms with Crippen LogP contribution in [0.2, 0.25) is 0 Å². The van der Waals surface area contributed by atoms with Gasteiger partial charge in [0.05, 0.1) is 8.66 Å². The molecule has 1 heterocycles. The molecule has 1 amide bonds. The van der Waals surface area contributed by atoms with Crippen LogP contribution in [-0.2, 0) is 4.79 Å². The Hall–Kier alpha value is -0.720. The van der Waals surface area contributed by atoms with E-state index in [1.54, 1.807) is 12.1 Å². The third kappa shape index (κ3) is 4.03. The number of likely N-dealkylation sites (N-methyl/N-ethyl adjacent to an activating group) is 1. The number of ketones is 1. The summed E-state index contributed by atoms with van der Waals surface area (Å²) in [6.07, 6.45) is 0. The van der Waals surface area contributed by atoms with Crippen molar-refractivity contribution in [2.75, 3.05) is 27.2 Å². The fourth-order valence-electron chi connectivity index (χ4n) is 1.02. The summed E-state index contributed by atoms with van der Waals surface area (Å²) >= 11 is 4.51. The molecule has 4 nitrogen and oxygen atoms in total. The highest BCUT2D eigenvalue weighted by atomic mass is 79.9. The van der Waals surface area contributed by atoms with Crippen LogP contribution >= 0.6 is 27.3 Å². The summed E-state index contributed by atoms with van der Waals surface area (Å²) in [7, 11) is 3.81. The molecule has 1 rings (SSSR count). The molecule has 88 valence electrons. The minimum atomic E-state index is -0.545. The molecule has 1 aromatic rings. The van der Waals surface area contributed by atoms with Gasteiger partial charge in [-0.05, 0) is 42.2 Å². The van der Waals surface area contributed by atoms with Crippen LogP contribution in [0.15, 0.2) is 15.9 Å². The van der Waals surface area contributed by atoms with Gasteiger partial charge in [0.25, 0.3) is 11.7 Å². The minimum Gasteiger partial charge on any atom is -0.348 e. The van der Waals surface area contributed by atoms with Gasteiger partial charge in [-0.3, -0.25) is 9.59 Å². The predicted octanol–water partition coefficient (Wildman–Crippen LogP) is 1.37. The third-order valence-corrected chi connectivity index (χ3v) is 3.47. The number of thiophene rings is 1. The molecule has 1 aromatic heterocycles. The van der Waals surface area contributed by atoms with Gasteiger partial charge in [0.1, 0.15) is 0 Å². The van der Waals surface area contributed by atoms with Crippen LogP contribution < -0.4 is 5.32 Å². The van der Waals surface area contributed by atoms with E-state index >= 15 is 0 Å². The number of amides is 1. The zero-order chi connectivity index (χ0) is 12.1. The van der Waals surface area contributed by atoms with Gasteiger partial charge >= 0.3 is 0 Å². The van der Waals surface area contributed by atoms with Crippen molar-refractivity contribution in [2.45, 2.75) is 0 Å². The van der Waals surface area contributed by atoms with Gasteiger partial charge < -0.3 is 10.2 Å². The van der Waals surface area contributed by atoms with Crippen molar-refractivity contribution in [1.29, 1.82) is 0 Å². The van der Waals surface area contributed by atoms with Crippen molar-refractivity contribution in [3.63, 3.8) is 0 Å². The number of hydrogen-bond donors (Lipinski definition) is 1. The molecule has 0 aromatic carbocycles. The molecule has 0 bridgehead atoms. The molecule has 16 heavy (non-hydrogen) atoms. The Morgan fingerprint density at radius 1 is 1.44 bits per heavy atom. The normalized spacial score (nSPS) is 10.5. The van der Waals surface area contributed by atoms with E-state index in [0.717, 1.165) is 3.79 Å². The summed E-state index contributed by atoms with van der Waals surface area (Å²) in [5.41, 5.74) is 0. The number of nitrogens with zero attached hydrogens (tertiary/aromatic N) is 1. The minimum absolute atomic E-state index is 0.453. The second kappa shape index (κ2) is 6.12. The first kappa shape index (κ1) is 13.3. The lowest BCUT2D eigenvalue weighted by Gasteiger charge is -2.09. The van der Waals surface area contributed by atoms with Gasteiger partial charge in [-0.2, -0.15) is 0 Å². The first-order valence-corrected chi connectivity index (χ1v) is 6.34. The lowest BCUT2D eigenvalue weighted by atomic mass is 10.3. The molecular weight excluding hydrogens is 292 g/mol. The molecule has 0 saturated carbocycles. The van der Waals surface area contributed by atoms with Gasteiger partial charge in [0.2, 0.25) is 0 Å². The zero-order valence-corrected chi connectivity index (χ0v) is 11.5. The predicted molar refractivity (Wildman–Crippen MR) is 67.9 cm³/mol. The summed E-state index contributed by atoms with van der Waals surface area (Å²) in [6, 6.07) is 3.40. The van der Waals surface area contributed by atoms with E-state index in [2.05, 4.69) is 21.2 Å². The highest BCUT2D eigenvalue weighted by Gasteiger charge is 2.17. The average Bonchev–Trinajstić information content (AvgIpc) is 2.63. The van der Waals surface area contributed by atoms with Crippen molar-refractivity contribution in [1.82, 2.24) is 10.2 Å². The molecule has 0 fully saturated rings. The van der Waals surface area contributed by atoms with Crippen molar-refractivity contribution in [3.05, 3.63) is 20.8 Å². The van der Waals surface area contributed by atoms with Gasteiger partial charge in [0, 0.05) is 13.1 Å². The van der Waals surface area contributed by atoms with E-state index in [1.807, 2.05) is 19.0 Å². The summed E-state index contributed by atoms with van der Waals surface area (Å²) in [6.45, 7) is 1.19. The lowest BCUT2D eigenvalue weighted by Crippen LogP contribution is -2.35. The van der Waals surface area contributed by atoms with E-state index in [9.17, 15) is 9.59 Å². The quantitative estimate of drug-likeness (QED) is 0.660. The van der Waals surface area contributed by atoms with Crippen LogP contribution in [0, 0.1) is 0 Å². The number of hydrogen-bond acceptors (Lipinski definition) is 4. The first-order valence-electron chi connectivity index (χ1n) is 4.73. The van der Waals surface area contributed by atoms with E-state index in [1.165, 1.54) is 11.3 Å². The summed E-state index contributed by atoms with van der Waals surface area (Å²) in [5, 5.41) is 2.58. The first-order chi connectivity index (χ1) is 7.50. The molecule has 0 aliphatic carbocycles. The second-order valence-corrected chi connectivity index (χ2v) is 5.96. The Morgan fingerprint density at radius 2 is 2.12 bits per heavy atom. The van der Waals surface area contributed by atoms with E-state index in [0.29, 0.717) is 18.0 Å². The summed E-state index contributed by atoms with van der Waals surface area (Å²) in [5.74, 6) is -1.02. The number of carbonyl (C=O) groups is 2. The molecule has 0 unspecified atom stereocenters. The van der Waals surface area contributed by atoms with E-state index in [-0.39, 0.29) is 0 Å². The maximum Gasteiger partial charge on any atom is 0.293 e. The standard InChI is InChI=1S/C10H13BrN2O2S/c1-13(2)6-5-12-10(15)9(14)7-3-4-8(11)16-7/h3-4H,5-6H2,1-2H3,(H,12,15). The molecule has 0 spiro atoms. The Morgan fingerprint density at radius 3 is 2.62 bits per heavy atom. The number of carbonyl (C=O) groups excluding carboxylic acids is 2. The Kier molecular flexibility index (Phi) is 5.11. The molecule has 0 saturated heterocycles. The molecule has 6 heteroatoms.